The van der Waals surface area contributed by atoms with Crippen LogP contribution in [0.15, 0.2) is 0 Å². The highest BCUT2D eigenvalue weighted by Crippen LogP contribution is 2.42. The Labute approximate surface area is 113 Å². The maximum absolute atomic E-state index is 6.07. The summed E-state index contributed by atoms with van der Waals surface area (Å²) in [5.74, 6) is 2.74. The Hall–Kier alpha value is -0.0800. The van der Waals surface area contributed by atoms with Crippen molar-refractivity contribution in [1.82, 2.24) is 5.32 Å². The van der Waals surface area contributed by atoms with E-state index in [0.717, 1.165) is 24.3 Å². The van der Waals surface area contributed by atoms with Crippen LogP contribution in [0.3, 0.4) is 0 Å². The minimum Gasteiger partial charge on any atom is -0.329 e. The summed E-state index contributed by atoms with van der Waals surface area (Å²) < 4.78 is 0. The third kappa shape index (κ3) is 3.27. The molecular weight excluding hydrogens is 220 g/mol. The topological polar surface area (TPSA) is 38.0 Å². The van der Waals surface area contributed by atoms with Gasteiger partial charge in [0, 0.05) is 12.1 Å². The Balaban J connectivity index is 1.83. The lowest BCUT2D eigenvalue weighted by Crippen LogP contribution is -2.54. The first-order valence-electron chi connectivity index (χ1n) is 7.81. The van der Waals surface area contributed by atoms with Gasteiger partial charge in [-0.15, -0.1) is 0 Å². The fraction of sp³-hybridized carbons (Fsp3) is 1.00. The second-order valence-electron chi connectivity index (χ2n) is 7.98. The summed E-state index contributed by atoms with van der Waals surface area (Å²) in [4.78, 5) is 0. The summed E-state index contributed by atoms with van der Waals surface area (Å²) in [5.41, 5.74) is 6.79. The second-order valence-corrected chi connectivity index (χ2v) is 7.98. The van der Waals surface area contributed by atoms with Crippen LogP contribution in [0.4, 0.5) is 0 Å². The number of hydrogen-bond acceptors (Lipinski definition) is 2. The van der Waals surface area contributed by atoms with Crippen LogP contribution in [0.1, 0.15) is 59.8 Å². The largest absolute Gasteiger partial charge is 0.329 e. The first-order chi connectivity index (χ1) is 8.36. The molecule has 0 aromatic rings. The lowest BCUT2D eigenvalue weighted by atomic mass is 9.67. The summed E-state index contributed by atoms with van der Waals surface area (Å²) in [6, 6.07) is 0. The zero-order chi connectivity index (χ0) is 13.4. The maximum Gasteiger partial charge on any atom is 0.0304 e. The third-order valence-electron chi connectivity index (χ3n) is 5.57. The lowest BCUT2D eigenvalue weighted by molar-refractivity contribution is 0.117. The van der Waals surface area contributed by atoms with Gasteiger partial charge in [-0.25, -0.2) is 0 Å². The number of hydrogen-bond donors (Lipinski definition) is 2. The molecule has 2 unspecified atom stereocenters. The molecule has 0 spiro atoms. The quantitative estimate of drug-likeness (QED) is 0.806. The van der Waals surface area contributed by atoms with E-state index in [1.54, 1.807) is 0 Å². The van der Waals surface area contributed by atoms with Gasteiger partial charge in [-0.2, -0.15) is 0 Å². The molecule has 0 amide bonds. The summed E-state index contributed by atoms with van der Waals surface area (Å²) in [6.07, 6.45) is 6.64. The summed E-state index contributed by atoms with van der Waals surface area (Å²) >= 11 is 0. The van der Waals surface area contributed by atoms with Gasteiger partial charge in [-0.1, -0.05) is 27.7 Å². The molecule has 0 saturated heterocycles. The van der Waals surface area contributed by atoms with Crippen LogP contribution < -0.4 is 11.1 Å². The smallest absolute Gasteiger partial charge is 0.0304 e. The van der Waals surface area contributed by atoms with E-state index < -0.39 is 0 Å². The van der Waals surface area contributed by atoms with E-state index in [1.165, 1.54) is 38.6 Å². The Bertz CT molecular complexity index is 271. The Morgan fingerprint density at radius 3 is 2.17 bits per heavy atom. The van der Waals surface area contributed by atoms with Gasteiger partial charge in [0.1, 0.15) is 0 Å². The summed E-state index contributed by atoms with van der Waals surface area (Å²) in [5, 5.41) is 3.82. The van der Waals surface area contributed by atoms with Crippen molar-refractivity contribution in [2.75, 3.05) is 13.1 Å². The standard InChI is InChI=1S/C16H32N2/c1-12-9-13(12)10-18-16(11-17)7-5-14(6-8-16)15(2,3)4/h12-14,18H,5-11,17H2,1-4H3. The number of nitrogens with one attached hydrogen (secondary N) is 1. The molecule has 0 aromatic heterocycles. The van der Waals surface area contributed by atoms with Crippen LogP contribution in [-0.4, -0.2) is 18.6 Å². The Morgan fingerprint density at radius 1 is 1.22 bits per heavy atom. The lowest BCUT2D eigenvalue weighted by Gasteiger charge is -2.44. The Kier molecular flexibility index (Phi) is 4.08. The van der Waals surface area contributed by atoms with Crippen LogP contribution in [0.25, 0.3) is 0 Å². The van der Waals surface area contributed by atoms with Crippen molar-refractivity contribution < 1.29 is 0 Å². The molecule has 2 aliphatic carbocycles. The molecule has 2 heteroatoms. The molecule has 2 atom stereocenters. The first kappa shape index (κ1) is 14.3. The monoisotopic (exact) mass is 252 g/mol. The van der Waals surface area contributed by atoms with Crippen LogP contribution in [-0.2, 0) is 0 Å². The van der Waals surface area contributed by atoms with E-state index in [2.05, 4.69) is 33.0 Å². The van der Waals surface area contributed by atoms with Crippen LogP contribution >= 0.6 is 0 Å². The SMILES string of the molecule is CC1CC1CNC1(CN)CCC(C(C)(C)C)CC1. The predicted octanol–water partition coefficient (Wildman–Crippen LogP) is 3.17. The molecule has 2 fully saturated rings. The van der Waals surface area contributed by atoms with Crippen molar-refractivity contribution in [3.8, 4) is 0 Å². The molecule has 2 rings (SSSR count). The fourth-order valence-corrected chi connectivity index (χ4v) is 3.52. The fourth-order valence-electron chi connectivity index (χ4n) is 3.52. The van der Waals surface area contributed by atoms with Gasteiger partial charge in [0.25, 0.3) is 0 Å². The molecule has 0 heterocycles. The molecule has 2 aliphatic rings. The highest BCUT2D eigenvalue weighted by Gasteiger charge is 2.40. The van der Waals surface area contributed by atoms with E-state index in [-0.39, 0.29) is 5.54 Å². The zero-order valence-corrected chi connectivity index (χ0v) is 12.8. The summed E-state index contributed by atoms with van der Waals surface area (Å²) in [7, 11) is 0. The van der Waals surface area contributed by atoms with Crippen molar-refractivity contribution in [3.05, 3.63) is 0 Å². The molecule has 2 nitrogen and oxygen atoms in total. The van der Waals surface area contributed by atoms with Crippen molar-refractivity contribution in [1.29, 1.82) is 0 Å². The van der Waals surface area contributed by atoms with E-state index in [4.69, 9.17) is 5.73 Å². The minimum atomic E-state index is 0.254. The van der Waals surface area contributed by atoms with Gasteiger partial charge >= 0.3 is 0 Å². The molecule has 0 bridgehead atoms. The molecule has 2 saturated carbocycles. The van der Waals surface area contributed by atoms with Gasteiger partial charge in [0.2, 0.25) is 0 Å². The number of rotatable bonds is 4. The highest BCUT2D eigenvalue weighted by atomic mass is 15.0. The summed E-state index contributed by atoms with van der Waals surface area (Å²) in [6.45, 7) is 11.5. The molecule has 3 N–H and O–H groups in total. The average molecular weight is 252 g/mol. The van der Waals surface area contributed by atoms with Crippen LogP contribution in [0.2, 0.25) is 0 Å². The minimum absolute atomic E-state index is 0.254. The van der Waals surface area contributed by atoms with Gasteiger partial charge in [0.15, 0.2) is 0 Å². The van der Waals surface area contributed by atoms with E-state index in [9.17, 15) is 0 Å². The molecule has 0 aliphatic heterocycles. The number of nitrogens with two attached hydrogens (primary N) is 1. The molecule has 18 heavy (non-hydrogen) atoms. The van der Waals surface area contributed by atoms with Crippen LogP contribution in [0.5, 0.6) is 0 Å². The second kappa shape index (κ2) is 5.13. The molecular formula is C16H32N2. The van der Waals surface area contributed by atoms with Crippen LogP contribution in [0, 0.1) is 23.2 Å². The van der Waals surface area contributed by atoms with Gasteiger partial charge in [-0.3, -0.25) is 0 Å². The first-order valence-corrected chi connectivity index (χ1v) is 7.81. The van der Waals surface area contributed by atoms with Crippen molar-refractivity contribution in [2.24, 2.45) is 28.9 Å². The molecule has 106 valence electrons. The predicted molar refractivity (Wildman–Crippen MR) is 78.5 cm³/mol. The van der Waals surface area contributed by atoms with Crippen molar-refractivity contribution >= 4 is 0 Å². The Morgan fingerprint density at radius 2 is 1.78 bits per heavy atom. The zero-order valence-electron chi connectivity index (χ0n) is 12.8. The van der Waals surface area contributed by atoms with Crippen molar-refractivity contribution in [3.63, 3.8) is 0 Å². The molecule has 0 aromatic carbocycles. The third-order valence-corrected chi connectivity index (χ3v) is 5.57. The van der Waals surface area contributed by atoms with Gasteiger partial charge in [-0.05, 0) is 61.8 Å². The maximum atomic E-state index is 6.07. The molecule has 0 radical (unpaired) electrons. The normalized spacial score (nSPS) is 40.8. The van der Waals surface area contributed by atoms with E-state index in [0.29, 0.717) is 5.41 Å². The van der Waals surface area contributed by atoms with Crippen molar-refractivity contribution in [2.45, 2.75) is 65.3 Å². The van der Waals surface area contributed by atoms with E-state index in [1.807, 2.05) is 0 Å². The van der Waals surface area contributed by atoms with E-state index >= 15 is 0 Å². The highest BCUT2D eigenvalue weighted by molar-refractivity contribution is 4.97. The average Bonchev–Trinajstić information content (AvgIpc) is 3.02. The van der Waals surface area contributed by atoms with Gasteiger partial charge in [0.05, 0.1) is 0 Å². The van der Waals surface area contributed by atoms with Gasteiger partial charge < -0.3 is 11.1 Å².